The van der Waals surface area contributed by atoms with Crippen LogP contribution in [0.4, 0.5) is 11.4 Å². The molecule has 0 saturated heterocycles. The summed E-state index contributed by atoms with van der Waals surface area (Å²) < 4.78 is 4.95. The number of carbonyl (C=O) groups is 2. The van der Waals surface area contributed by atoms with Gasteiger partial charge in [0.25, 0.3) is 5.91 Å². The molecule has 2 aromatic carbocycles. The Hall–Kier alpha value is -2.70. The predicted molar refractivity (Wildman–Crippen MR) is 104 cm³/mol. The lowest BCUT2D eigenvalue weighted by atomic mass is 10.1. The first-order valence-corrected chi connectivity index (χ1v) is 8.54. The molecule has 0 radical (unpaired) electrons. The van der Waals surface area contributed by atoms with Gasteiger partial charge in [-0.1, -0.05) is 24.3 Å². The molecule has 6 nitrogen and oxygen atoms in total. The number of benzene rings is 2. The zero-order valence-corrected chi connectivity index (χ0v) is 15.2. The van der Waals surface area contributed by atoms with E-state index in [-0.39, 0.29) is 18.4 Å². The van der Waals surface area contributed by atoms with Crippen LogP contribution in [0.15, 0.2) is 54.6 Å². The summed E-state index contributed by atoms with van der Waals surface area (Å²) >= 11 is 0. The number of anilines is 2. The summed E-state index contributed by atoms with van der Waals surface area (Å²) in [5.41, 5.74) is 1.93. The average Bonchev–Trinajstić information content (AvgIpc) is 2.67. The Balaban J connectivity index is 1.92. The predicted octanol–water partition coefficient (Wildman–Crippen LogP) is 2.53. The van der Waals surface area contributed by atoms with Gasteiger partial charge in [0, 0.05) is 37.7 Å². The molecule has 0 spiro atoms. The van der Waals surface area contributed by atoms with Gasteiger partial charge in [-0.25, -0.2) is 0 Å². The second kappa shape index (κ2) is 10.3. The molecule has 0 saturated carbocycles. The molecule has 2 rings (SSSR count). The van der Waals surface area contributed by atoms with E-state index in [4.69, 9.17) is 4.74 Å². The van der Waals surface area contributed by atoms with E-state index in [0.29, 0.717) is 24.4 Å². The minimum absolute atomic E-state index is 0.134. The summed E-state index contributed by atoms with van der Waals surface area (Å²) in [6.45, 7) is 1.58. The quantitative estimate of drug-likeness (QED) is 0.678. The molecular weight excluding hydrogens is 330 g/mol. The Kier molecular flexibility index (Phi) is 7.79. The highest BCUT2D eigenvalue weighted by molar-refractivity contribution is 6.06. The number of ether oxygens (including phenoxy) is 1. The maximum atomic E-state index is 12.6. The number of hydrogen-bond acceptors (Lipinski definition) is 4. The number of amides is 2. The molecule has 2 amide bonds. The lowest BCUT2D eigenvalue weighted by molar-refractivity contribution is -0.115. The molecule has 0 unspecified atom stereocenters. The van der Waals surface area contributed by atoms with E-state index in [2.05, 4.69) is 10.6 Å². The van der Waals surface area contributed by atoms with Gasteiger partial charge < -0.3 is 20.3 Å². The van der Waals surface area contributed by atoms with Crippen LogP contribution in [-0.4, -0.2) is 45.7 Å². The van der Waals surface area contributed by atoms with Crippen molar-refractivity contribution in [1.29, 1.82) is 0 Å². The molecule has 0 aliphatic heterocycles. The highest BCUT2D eigenvalue weighted by atomic mass is 16.5. The van der Waals surface area contributed by atoms with E-state index in [9.17, 15) is 9.59 Å². The maximum Gasteiger partial charge on any atom is 0.258 e. The molecule has 0 aromatic heterocycles. The summed E-state index contributed by atoms with van der Waals surface area (Å²) in [6.07, 6.45) is 0.847. The third-order valence-electron chi connectivity index (χ3n) is 3.83. The Morgan fingerprint density at radius 1 is 1.08 bits per heavy atom. The van der Waals surface area contributed by atoms with Crippen LogP contribution < -0.4 is 15.5 Å². The summed E-state index contributed by atoms with van der Waals surface area (Å²) in [7, 11) is 3.38. The van der Waals surface area contributed by atoms with Crippen molar-refractivity contribution in [3.05, 3.63) is 60.2 Å². The van der Waals surface area contributed by atoms with Gasteiger partial charge in [-0.05, 0) is 43.3 Å². The summed E-state index contributed by atoms with van der Waals surface area (Å²) in [5.74, 6) is -0.284. The van der Waals surface area contributed by atoms with Crippen molar-refractivity contribution in [3.63, 3.8) is 0 Å². The smallest absolute Gasteiger partial charge is 0.258 e. The van der Waals surface area contributed by atoms with Gasteiger partial charge >= 0.3 is 0 Å². The lowest BCUT2D eigenvalue weighted by Crippen LogP contribution is -2.29. The minimum Gasteiger partial charge on any atom is -0.385 e. The van der Waals surface area contributed by atoms with E-state index in [1.165, 1.54) is 0 Å². The van der Waals surface area contributed by atoms with Gasteiger partial charge in [0.15, 0.2) is 0 Å². The van der Waals surface area contributed by atoms with Crippen LogP contribution in [0.3, 0.4) is 0 Å². The Labute approximate surface area is 154 Å². The zero-order chi connectivity index (χ0) is 18.8. The van der Waals surface area contributed by atoms with Crippen LogP contribution in [0.5, 0.6) is 0 Å². The van der Waals surface area contributed by atoms with Gasteiger partial charge in [-0.3, -0.25) is 9.59 Å². The number of nitrogens with zero attached hydrogens (tertiary/aromatic N) is 1. The molecule has 2 N–H and O–H groups in total. The van der Waals surface area contributed by atoms with Crippen molar-refractivity contribution in [3.8, 4) is 0 Å². The third-order valence-corrected chi connectivity index (χ3v) is 3.83. The largest absolute Gasteiger partial charge is 0.385 e. The SMILES string of the molecule is COCCCNCC(=O)Nc1cccc(C(=O)N(C)c2ccccc2)c1. The van der Waals surface area contributed by atoms with Crippen LogP contribution in [0.2, 0.25) is 0 Å². The molecule has 6 heteroatoms. The van der Waals surface area contributed by atoms with E-state index >= 15 is 0 Å². The zero-order valence-electron chi connectivity index (χ0n) is 15.2. The fourth-order valence-corrected chi connectivity index (χ4v) is 2.44. The van der Waals surface area contributed by atoms with E-state index in [1.807, 2.05) is 30.3 Å². The van der Waals surface area contributed by atoms with Crippen LogP contribution in [0, 0.1) is 0 Å². The summed E-state index contributed by atoms with van der Waals surface area (Å²) in [5, 5.41) is 5.85. The van der Waals surface area contributed by atoms with Crippen LogP contribution in [0.25, 0.3) is 0 Å². The fraction of sp³-hybridized carbons (Fsp3) is 0.300. The molecule has 0 bridgehead atoms. The Morgan fingerprint density at radius 2 is 1.85 bits per heavy atom. The number of methoxy groups -OCH3 is 1. The van der Waals surface area contributed by atoms with Crippen molar-refractivity contribution in [1.82, 2.24) is 5.32 Å². The highest BCUT2D eigenvalue weighted by Gasteiger charge is 2.14. The molecule has 2 aromatic rings. The van der Waals surface area contributed by atoms with E-state index < -0.39 is 0 Å². The van der Waals surface area contributed by atoms with Crippen molar-refractivity contribution in [2.45, 2.75) is 6.42 Å². The minimum atomic E-state index is -0.150. The standard InChI is InChI=1S/C20H25N3O3/c1-23(18-10-4-3-5-11-18)20(25)16-8-6-9-17(14-16)22-19(24)15-21-12-7-13-26-2/h3-6,8-11,14,21H,7,12-13,15H2,1-2H3,(H,22,24). The molecule has 0 aliphatic rings. The Morgan fingerprint density at radius 3 is 2.58 bits per heavy atom. The monoisotopic (exact) mass is 355 g/mol. The summed E-state index contributed by atoms with van der Waals surface area (Å²) in [4.78, 5) is 26.2. The summed E-state index contributed by atoms with van der Waals surface area (Å²) in [6, 6.07) is 16.4. The number of rotatable bonds is 9. The van der Waals surface area contributed by atoms with Crippen molar-refractivity contribution < 1.29 is 14.3 Å². The van der Waals surface area contributed by atoms with Crippen molar-refractivity contribution in [2.75, 3.05) is 44.1 Å². The number of carbonyl (C=O) groups excluding carboxylic acids is 2. The van der Waals surface area contributed by atoms with Gasteiger partial charge in [-0.15, -0.1) is 0 Å². The first kappa shape index (κ1) is 19.6. The number of para-hydroxylation sites is 1. The second-order valence-corrected chi connectivity index (χ2v) is 5.85. The van der Waals surface area contributed by atoms with Gasteiger partial charge in [0.1, 0.15) is 0 Å². The molecule has 138 valence electrons. The number of hydrogen-bond donors (Lipinski definition) is 2. The molecule has 0 fully saturated rings. The van der Waals surface area contributed by atoms with Gasteiger partial charge in [0.2, 0.25) is 5.91 Å². The van der Waals surface area contributed by atoms with Crippen LogP contribution in [-0.2, 0) is 9.53 Å². The van der Waals surface area contributed by atoms with Crippen LogP contribution >= 0.6 is 0 Å². The lowest BCUT2D eigenvalue weighted by Gasteiger charge is -2.17. The average molecular weight is 355 g/mol. The first-order valence-electron chi connectivity index (χ1n) is 8.54. The Bertz CT molecular complexity index is 719. The molecular formula is C20H25N3O3. The second-order valence-electron chi connectivity index (χ2n) is 5.85. The normalized spacial score (nSPS) is 10.4. The highest BCUT2D eigenvalue weighted by Crippen LogP contribution is 2.17. The molecule has 26 heavy (non-hydrogen) atoms. The van der Waals surface area contributed by atoms with E-state index in [0.717, 1.165) is 12.1 Å². The fourth-order valence-electron chi connectivity index (χ4n) is 2.44. The molecule has 0 heterocycles. The third kappa shape index (κ3) is 5.98. The molecule has 0 atom stereocenters. The van der Waals surface area contributed by atoms with Crippen molar-refractivity contribution in [2.24, 2.45) is 0 Å². The van der Waals surface area contributed by atoms with Gasteiger partial charge in [0.05, 0.1) is 6.54 Å². The molecule has 0 aliphatic carbocycles. The topological polar surface area (TPSA) is 70.7 Å². The van der Waals surface area contributed by atoms with Crippen LogP contribution in [0.1, 0.15) is 16.8 Å². The first-order chi connectivity index (χ1) is 12.6. The van der Waals surface area contributed by atoms with Crippen molar-refractivity contribution >= 4 is 23.2 Å². The number of nitrogens with one attached hydrogen (secondary N) is 2. The van der Waals surface area contributed by atoms with E-state index in [1.54, 1.807) is 43.3 Å². The van der Waals surface area contributed by atoms with Gasteiger partial charge in [-0.2, -0.15) is 0 Å². The maximum absolute atomic E-state index is 12.6.